The summed E-state index contributed by atoms with van der Waals surface area (Å²) in [5, 5.41) is 0.878. The van der Waals surface area contributed by atoms with Gasteiger partial charge in [0.25, 0.3) is 0 Å². The Hall–Kier alpha value is -0.660. The van der Waals surface area contributed by atoms with Crippen molar-refractivity contribution in [1.82, 2.24) is 4.98 Å². The highest BCUT2D eigenvalue weighted by molar-refractivity contribution is 7.91. The summed E-state index contributed by atoms with van der Waals surface area (Å²) in [5.74, 6) is 0.430. The van der Waals surface area contributed by atoms with E-state index in [9.17, 15) is 8.42 Å². The third kappa shape index (κ3) is 2.36. The highest BCUT2D eigenvalue weighted by Gasteiger charge is 2.29. The molecule has 0 radical (unpaired) electrons. The first-order valence-electron chi connectivity index (χ1n) is 5.13. The van der Waals surface area contributed by atoms with Gasteiger partial charge in [-0.3, -0.25) is 0 Å². The molecular formula is C9H15N3O2S2. The van der Waals surface area contributed by atoms with Crippen LogP contribution in [0.3, 0.4) is 0 Å². The van der Waals surface area contributed by atoms with Gasteiger partial charge in [0.05, 0.1) is 11.5 Å². The summed E-state index contributed by atoms with van der Waals surface area (Å²) in [6.07, 6.45) is 1.76. The SMILES string of the molecule is CC1CS(=O)(=O)CCN1c1ncc(CN)s1. The number of nitrogens with two attached hydrogens (primary N) is 1. The molecule has 1 atom stereocenters. The van der Waals surface area contributed by atoms with Gasteiger partial charge in [-0.15, -0.1) is 11.3 Å². The van der Waals surface area contributed by atoms with Gasteiger partial charge >= 0.3 is 0 Å². The predicted octanol–water partition coefficient (Wildman–Crippen LogP) is 0.225. The Morgan fingerprint density at radius 2 is 2.44 bits per heavy atom. The standard InChI is InChI=1S/C9H15N3O2S2/c1-7-6-16(13,14)3-2-12(7)9-11-5-8(4-10)15-9/h5,7H,2-4,6,10H2,1H3. The van der Waals surface area contributed by atoms with Crippen LogP contribution >= 0.6 is 11.3 Å². The maximum absolute atomic E-state index is 11.4. The number of aromatic nitrogens is 1. The molecule has 1 aromatic rings. The quantitative estimate of drug-likeness (QED) is 0.824. The average molecular weight is 261 g/mol. The Balaban J connectivity index is 2.17. The maximum Gasteiger partial charge on any atom is 0.185 e. The smallest absolute Gasteiger partial charge is 0.185 e. The van der Waals surface area contributed by atoms with Crippen LogP contribution in [0.4, 0.5) is 5.13 Å². The van der Waals surface area contributed by atoms with Crippen LogP contribution in [0.5, 0.6) is 0 Å². The van der Waals surface area contributed by atoms with E-state index in [2.05, 4.69) is 4.98 Å². The number of anilines is 1. The lowest BCUT2D eigenvalue weighted by atomic mass is 10.3. The zero-order valence-electron chi connectivity index (χ0n) is 9.09. The van der Waals surface area contributed by atoms with E-state index >= 15 is 0 Å². The molecule has 1 unspecified atom stereocenters. The zero-order chi connectivity index (χ0) is 11.8. The molecule has 1 aromatic heterocycles. The van der Waals surface area contributed by atoms with Gasteiger partial charge in [0.2, 0.25) is 0 Å². The Kier molecular flexibility index (Phi) is 3.18. The van der Waals surface area contributed by atoms with Crippen LogP contribution in [0.2, 0.25) is 0 Å². The van der Waals surface area contributed by atoms with Crippen LogP contribution in [-0.2, 0) is 16.4 Å². The highest BCUT2D eigenvalue weighted by Crippen LogP contribution is 2.26. The van der Waals surface area contributed by atoms with Gasteiger partial charge in [0.1, 0.15) is 0 Å². The van der Waals surface area contributed by atoms with Crippen molar-refractivity contribution in [2.45, 2.75) is 19.5 Å². The first kappa shape index (κ1) is 11.8. The molecule has 1 fully saturated rings. The molecule has 16 heavy (non-hydrogen) atoms. The number of sulfone groups is 1. The van der Waals surface area contributed by atoms with Crippen molar-refractivity contribution in [2.75, 3.05) is 23.0 Å². The van der Waals surface area contributed by atoms with E-state index in [0.29, 0.717) is 13.1 Å². The lowest BCUT2D eigenvalue weighted by Crippen LogP contribution is -2.46. The monoisotopic (exact) mass is 261 g/mol. The van der Waals surface area contributed by atoms with E-state index in [1.807, 2.05) is 11.8 Å². The normalized spacial score (nSPS) is 24.6. The summed E-state index contributed by atoms with van der Waals surface area (Å²) in [5.41, 5.74) is 5.53. The van der Waals surface area contributed by atoms with Crippen molar-refractivity contribution in [3.05, 3.63) is 11.1 Å². The lowest BCUT2D eigenvalue weighted by molar-refractivity contribution is 0.568. The van der Waals surface area contributed by atoms with Crippen LogP contribution in [0.15, 0.2) is 6.20 Å². The molecule has 2 heterocycles. The van der Waals surface area contributed by atoms with E-state index in [1.165, 1.54) is 11.3 Å². The molecule has 0 amide bonds. The minimum absolute atomic E-state index is 0.00414. The Labute approximate surface area is 99.2 Å². The van der Waals surface area contributed by atoms with Gasteiger partial charge in [0.15, 0.2) is 15.0 Å². The highest BCUT2D eigenvalue weighted by atomic mass is 32.2. The molecule has 2 N–H and O–H groups in total. The average Bonchev–Trinajstić information content (AvgIpc) is 2.64. The van der Waals surface area contributed by atoms with E-state index in [0.717, 1.165) is 10.0 Å². The number of thiazole rings is 1. The first-order chi connectivity index (χ1) is 7.52. The zero-order valence-corrected chi connectivity index (χ0v) is 10.7. The van der Waals surface area contributed by atoms with Gasteiger partial charge in [-0.05, 0) is 6.92 Å². The summed E-state index contributed by atoms with van der Waals surface area (Å²) >= 11 is 1.54. The third-order valence-electron chi connectivity index (χ3n) is 2.66. The number of rotatable bonds is 2. The Morgan fingerprint density at radius 3 is 3.00 bits per heavy atom. The van der Waals surface area contributed by atoms with Crippen molar-refractivity contribution in [3.63, 3.8) is 0 Å². The maximum atomic E-state index is 11.4. The predicted molar refractivity (Wildman–Crippen MR) is 65.5 cm³/mol. The fraction of sp³-hybridized carbons (Fsp3) is 0.667. The van der Waals surface area contributed by atoms with Crippen molar-refractivity contribution < 1.29 is 8.42 Å². The van der Waals surface area contributed by atoms with E-state index < -0.39 is 9.84 Å². The van der Waals surface area contributed by atoms with Gasteiger partial charge < -0.3 is 10.6 Å². The number of nitrogens with zero attached hydrogens (tertiary/aromatic N) is 2. The molecule has 0 bridgehead atoms. The number of hydrogen-bond donors (Lipinski definition) is 1. The Morgan fingerprint density at radius 1 is 1.69 bits per heavy atom. The fourth-order valence-corrected chi connectivity index (χ4v) is 4.28. The molecule has 7 heteroatoms. The Bertz CT molecular complexity index is 469. The topological polar surface area (TPSA) is 76.3 Å². The van der Waals surface area contributed by atoms with Crippen LogP contribution in [0.1, 0.15) is 11.8 Å². The summed E-state index contributed by atoms with van der Waals surface area (Å²) in [4.78, 5) is 7.35. The molecule has 1 aliphatic rings. The minimum atomic E-state index is -2.86. The van der Waals surface area contributed by atoms with Gasteiger partial charge in [-0.2, -0.15) is 0 Å². The van der Waals surface area contributed by atoms with Crippen LogP contribution in [-0.4, -0.2) is 37.5 Å². The van der Waals surface area contributed by atoms with Gasteiger partial charge in [-0.1, -0.05) is 0 Å². The lowest BCUT2D eigenvalue weighted by Gasteiger charge is -2.32. The van der Waals surface area contributed by atoms with Crippen molar-refractivity contribution >= 4 is 26.3 Å². The first-order valence-corrected chi connectivity index (χ1v) is 7.77. The number of hydrogen-bond acceptors (Lipinski definition) is 6. The second-order valence-electron chi connectivity index (χ2n) is 3.97. The second kappa shape index (κ2) is 4.31. The summed E-state index contributed by atoms with van der Waals surface area (Å²) in [6, 6.07) is -0.00414. The van der Waals surface area contributed by atoms with Crippen LogP contribution in [0.25, 0.3) is 0 Å². The summed E-state index contributed by atoms with van der Waals surface area (Å²) < 4.78 is 22.9. The second-order valence-corrected chi connectivity index (χ2v) is 7.29. The van der Waals surface area contributed by atoms with E-state index in [4.69, 9.17) is 5.73 Å². The van der Waals surface area contributed by atoms with E-state index in [-0.39, 0.29) is 17.5 Å². The van der Waals surface area contributed by atoms with Crippen molar-refractivity contribution in [2.24, 2.45) is 5.73 Å². The molecule has 2 rings (SSSR count). The van der Waals surface area contributed by atoms with Gasteiger partial charge in [0, 0.05) is 30.2 Å². The van der Waals surface area contributed by atoms with Crippen molar-refractivity contribution in [3.8, 4) is 0 Å². The molecule has 1 saturated heterocycles. The van der Waals surface area contributed by atoms with Crippen LogP contribution in [0, 0.1) is 0 Å². The van der Waals surface area contributed by atoms with Gasteiger partial charge in [-0.25, -0.2) is 13.4 Å². The summed E-state index contributed by atoms with van der Waals surface area (Å²) in [6.45, 7) is 2.93. The molecular weight excluding hydrogens is 246 g/mol. The molecule has 0 aliphatic carbocycles. The minimum Gasteiger partial charge on any atom is -0.343 e. The summed E-state index contributed by atoms with van der Waals surface area (Å²) in [7, 11) is -2.86. The van der Waals surface area contributed by atoms with Crippen molar-refractivity contribution in [1.29, 1.82) is 0 Å². The molecule has 0 aromatic carbocycles. The molecule has 0 spiro atoms. The third-order valence-corrected chi connectivity index (χ3v) is 5.51. The fourth-order valence-electron chi connectivity index (χ4n) is 1.81. The van der Waals surface area contributed by atoms with E-state index in [1.54, 1.807) is 6.20 Å². The molecule has 5 nitrogen and oxygen atoms in total. The molecule has 1 aliphatic heterocycles. The largest absolute Gasteiger partial charge is 0.343 e. The molecule has 0 saturated carbocycles. The van der Waals surface area contributed by atoms with Crippen LogP contribution < -0.4 is 10.6 Å². The molecule has 90 valence electrons.